The summed E-state index contributed by atoms with van der Waals surface area (Å²) in [6.45, 7) is 0. The summed E-state index contributed by atoms with van der Waals surface area (Å²) in [6.07, 6.45) is 25.6. The van der Waals surface area contributed by atoms with Crippen LogP contribution in [0.15, 0.2) is 0 Å². The summed E-state index contributed by atoms with van der Waals surface area (Å²) in [5.41, 5.74) is 0. The van der Waals surface area contributed by atoms with E-state index in [1.807, 2.05) is 0 Å². The molecule has 0 aromatic heterocycles. The molecule has 5 heterocycles. The van der Waals surface area contributed by atoms with Crippen molar-refractivity contribution < 1.29 is 0 Å². The van der Waals surface area contributed by atoms with Crippen LogP contribution in [0, 0.1) is 47.3 Å². The number of rotatable bonds is 0. The predicted octanol–water partition coefficient (Wildman–Crippen LogP) is 2.53. The van der Waals surface area contributed by atoms with E-state index in [1.54, 1.807) is 0 Å². The van der Waals surface area contributed by atoms with Gasteiger partial charge in [-0.15, -0.1) is 24.8 Å². The number of hydrogen-bond acceptors (Lipinski definition) is 8. The second kappa shape index (κ2) is 14.3. The van der Waals surface area contributed by atoms with Gasteiger partial charge in [-0.1, -0.05) is 51.4 Å². The molecule has 9 fully saturated rings. The van der Waals surface area contributed by atoms with E-state index in [9.17, 15) is 0 Å². The zero-order valence-electron chi connectivity index (χ0n) is 26.1. The molecule has 4 aliphatic carbocycles. The average molecular weight is 747 g/mol. The van der Waals surface area contributed by atoms with Crippen LogP contribution in [0.3, 0.4) is 0 Å². The zero-order chi connectivity index (χ0) is 26.2. The van der Waals surface area contributed by atoms with Crippen LogP contribution in [0.1, 0.15) is 103 Å². The van der Waals surface area contributed by atoms with E-state index in [-0.39, 0.29) is 48.7 Å². The van der Waals surface area contributed by atoms with Crippen LogP contribution in [0.25, 0.3) is 0 Å². The van der Waals surface area contributed by atoms with Gasteiger partial charge in [-0.3, -0.25) is 42.5 Å². The molecule has 8 N–H and O–H groups in total. The van der Waals surface area contributed by atoms with Gasteiger partial charge in [-0.2, -0.15) is 0 Å². The summed E-state index contributed by atoms with van der Waals surface area (Å²) in [5, 5.41) is 33.8. The van der Waals surface area contributed by atoms with Gasteiger partial charge in [-0.05, 0) is 98.7 Å². The van der Waals surface area contributed by atoms with Crippen molar-refractivity contribution in [2.24, 2.45) is 47.3 Å². The molecule has 0 aromatic carbocycles. The summed E-state index contributed by atoms with van der Waals surface area (Å²) < 4.78 is 0. The minimum absolute atomic E-state index is 0. The van der Waals surface area contributed by atoms with Crippen molar-refractivity contribution in [3.05, 3.63) is 0 Å². The molecule has 11 heteroatoms. The van der Waals surface area contributed by atoms with Crippen LogP contribution < -0.4 is 42.5 Å². The van der Waals surface area contributed by atoms with E-state index >= 15 is 0 Å². The normalized spacial score (nSPS) is 53.6. The molecule has 0 aromatic rings. The van der Waals surface area contributed by atoms with E-state index in [4.69, 9.17) is 0 Å². The summed E-state index contributed by atoms with van der Waals surface area (Å²) in [7, 11) is 0. The third kappa shape index (κ3) is 6.10. The second-order valence-corrected chi connectivity index (χ2v) is 15.6. The SMILES string of the molecule is C1CCC2C3NC(NC4NC(NC5NC(NC6NC(N3)C3CCCCC63)C3CCCCC53)C3CCCCC43)C2C1.Cl.Cl.[SnH2]. The molecule has 8 atom stereocenters. The van der Waals surface area contributed by atoms with Gasteiger partial charge in [0.2, 0.25) is 0 Å². The van der Waals surface area contributed by atoms with Crippen molar-refractivity contribution in [2.45, 2.75) is 152 Å². The molecule has 43 heavy (non-hydrogen) atoms. The third-order valence-corrected chi connectivity index (χ3v) is 13.8. The first-order valence-electron chi connectivity index (χ1n) is 17.9. The topological polar surface area (TPSA) is 96.2 Å². The Labute approximate surface area is 289 Å². The molecular formula is C32H60Cl2N8Sn. The Balaban J connectivity index is 0.00000110. The molecular weight excluding hydrogens is 686 g/mol. The van der Waals surface area contributed by atoms with Crippen LogP contribution in [-0.2, 0) is 0 Å². The van der Waals surface area contributed by atoms with Crippen molar-refractivity contribution >= 4 is 48.7 Å². The van der Waals surface area contributed by atoms with E-state index in [2.05, 4.69) is 42.5 Å². The molecule has 9 rings (SSSR count). The maximum atomic E-state index is 4.26. The fraction of sp³-hybridized carbons (Fsp3) is 1.00. The molecule has 9 aliphatic rings. The standard InChI is InChI=1S/C32H56N8.2ClH.Sn.2H/c1-2-10-18-17(9-1)25-33-26(18)38-28-21-13-5-6-14-22(21)30(35-28)40-32-24-16-8-7-15-23(24)31(36-32)39-29-20-12-4-3-11-19(20)27(34-29)37-25;;;;;/h17-40H,1-16H2;2*1H;;;. The van der Waals surface area contributed by atoms with Gasteiger partial charge in [0.05, 0.1) is 49.3 Å². The van der Waals surface area contributed by atoms with Crippen molar-refractivity contribution in [1.82, 2.24) is 42.5 Å². The van der Waals surface area contributed by atoms with E-state index in [0.29, 0.717) is 49.3 Å². The van der Waals surface area contributed by atoms with Crippen LogP contribution >= 0.6 is 24.8 Å². The van der Waals surface area contributed by atoms with Crippen LogP contribution in [0.2, 0.25) is 0 Å². The molecule has 8 nitrogen and oxygen atoms in total. The Morgan fingerprint density at radius 1 is 0.233 bits per heavy atom. The molecule has 4 saturated carbocycles. The third-order valence-electron chi connectivity index (χ3n) is 13.8. The van der Waals surface area contributed by atoms with Crippen LogP contribution in [-0.4, -0.2) is 73.2 Å². The van der Waals surface area contributed by atoms with Gasteiger partial charge in [0.25, 0.3) is 0 Å². The molecule has 5 aliphatic heterocycles. The first-order chi connectivity index (χ1) is 19.8. The van der Waals surface area contributed by atoms with Crippen molar-refractivity contribution in [3.63, 3.8) is 0 Å². The average Bonchev–Trinajstić information content (AvgIpc) is 3.73. The number of hydrogen-bond donors (Lipinski definition) is 8. The molecule has 8 unspecified atom stereocenters. The molecule has 5 saturated heterocycles. The Kier molecular flexibility index (Phi) is 11.3. The van der Waals surface area contributed by atoms with Gasteiger partial charge < -0.3 is 0 Å². The zero-order valence-corrected chi connectivity index (χ0v) is 31.7. The first-order valence-corrected chi connectivity index (χ1v) is 17.9. The second-order valence-electron chi connectivity index (χ2n) is 15.6. The van der Waals surface area contributed by atoms with E-state index < -0.39 is 0 Å². The molecule has 246 valence electrons. The number of fused-ring (bicyclic) bond motifs is 20. The van der Waals surface area contributed by atoms with Gasteiger partial charge in [-0.25, -0.2) is 0 Å². The van der Waals surface area contributed by atoms with E-state index in [0.717, 1.165) is 47.3 Å². The quantitative estimate of drug-likeness (QED) is 0.180. The van der Waals surface area contributed by atoms with E-state index in [1.165, 1.54) is 103 Å². The maximum absolute atomic E-state index is 4.26. The molecule has 8 bridgehead atoms. The monoisotopic (exact) mass is 746 g/mol. The Morgan fingerprint density at radius 3 is 0.465 bits per heavy atom. The summed E-state index contributed by atoms with van der Waals surface area (Å²) in [5.74, 6) is 5.97. The molecule has 0 amide bonds. The fourth-order valence-corrected chi connectivity index (χ4v) is 12.0. The number of nitrogens with one attached hydrogen (secondary N) is 8. The first kappa shape index (κ1) is 33.9. The summed E-state index contributed by atoms with van der Waals surface area (Å²) >= 11 is 0. The van der Waals surface area contributed by atoms with Crippen molar-refractivity contribution in [1.29, 1.82) is 0 Å². The van der Waals surface area contributed by atoms with Gasteiger partial charge >= 0.3 is 23.9 Å². The predicted molar refractivity (Wildman–Crippen MR) is 180 cm³/mol. The summed E-state index contributed by atoms with van der Waals surface area (Å²) in [4.78, 5) is 0. The van der Waals surface area contributed by atoms with Gasteiger partial charge in [0.1, 0.15) is 0 Å². The number of halogens is 2. The van der Waals surface area contributed by atoms with Crippen LogP contribution in [0.5, 0.6) is 0 Å². The van der Waals surface area contributed by atoms with Crippen LogP contribution in [0.4, 0.5) is 0 Å². The van der Waals surface area contributed by atoms with Gasteiger partial charge in [0, 0.05) is 0 Å². The minimum atomic E-state index is 0. The Hall–Kier alpha value is 1.06. The van der Waals surface area contributed by atoms with Gasteiger partial charge in [0.15, 0.2) is 0 Å². The Bertz CT molecular complexity index is 728. The fourth-order valence-electron chi connectivity index (χ4n) is 12.0. The molecule has 0 spiro atoms. The molecule has 2 radical (unpaired) electrons. The summed E-state index contributed by atoms with van der Waals surface area (Å²) in [6, 6.07) is 0. The van der Waals surface area contributed by atoms with Crippen molar-refractivity contribution in [2.75, 3.05) is 0 Å². The Morgan fingerprint density at radius 2 is 0.349 bits per heavy atom. The van der Waals surface area contributed by atoms with Crippen molar-refractivity contribution in [3.8, 4) is 0 Å².